The van der Waals surface area contributed by atoms with Gasteiger partial charge in [-0.25, -0.2) is 14.8 Å². The van der Waals surface area contributed by atoms with Gasteiger partial charge in [0.25, 0.3) is 5.56 Å². The fourth-order valence-electron chi connectivity index (χ4n) is 3.01. The standard InChI is InChI=1S/C18H16Cl2N6O2S/c1-23-7-6-21-16(23)29-17-22-14-13(24(17)2)15(27)26(18(28)25(14)3)9-10-4-5-11(19)8-12(10)20/h4-8H,9H2,1-3H3. The summed E-state index contributed by atoms with van der Waals surface area (Å²) in [5.74, 6) is 0. The van der Waals surface area contributed by atoms with Crippen molar-refractivity contribution in [2.75, 3.05) is 0 Å². The van der Waals surface area contributed by atoms with E-state index >= 15 is 0 Å². The van der Waals surface area contributed by atoms with Crippen molar-refractivity contribution in [1.82, 2.24) is 28.2 Å². The average molecular weight is 451 g/mol. The van der Waals surface area contributed by atoms with Gasteiger partial charge < -0.3 is 9.13 Å². The molecule has 0 atom stereocenters. The maximum Gasteiger partial charge on any atom is 0.332 e. The summed E-state index contributed by atoms with van der Waals surface area (Å²) in [4.78, 5) is 34.8. The van der Waals surface area contributed by atoms with E-state index in [1.54, 1.807) is 43.1 Å². The zero-order chi connectivity index (χ0) is 20.9. The number of imidazole rings is 2. The number of aryl methyl sites for hydroxylation is 3. The van der Waals surface area contributed by atoms with E-state index in [2.05, 4.69) is 9.97 Å². The first-order valence-electron chi connectivity index (χ1n) is 8.53. The van der Waals surface area contributed by atoms with Gasteiger partial charge in [0.1, 0.15) is 0 Å². The summed E-state index contributed by atoms with van der Waals surface area (Å²) in [6.45, 7) is 0.0322. The first kappa shape index (κ1) is 19.8. The van der Waals surface area contributed by atoms with Crippen molar-refractivity contribution in [3.63, 3.8) is 0 Å². The molecular formula is C18H16Cl2N6O2S. The fraction of sp³-hybridized carbons (Fsp3) is 0.222. The number of benzene rings is 1. The van der Waals surface area contributed by atoms with E-state index in [0.29, 0.717) is 31.9 Å². The zero-order valence-corrected chi connectivity index (χ0v) is 18.1. The molecule has 0 aliphatic heterocycles. The largest absolute Gasteiger partial charge is 0.332 e. The lowest BCUT2D eigenvalue weighted by atomic mass is 10.2. The van der Waals surface area contributed by atoms with Gasteiger partial charge in [-0.2, -0.15) is 0 Å². The molecule has 0 spiro atoms. The maximum atomic E-state index is 13.2. The maximum absolute atomic E-state index is 13.2. The zero-order valence-electron chi connectivity index (χ0n) is 15.8. The molecule has 0 aliphatic rings. The Bertz CT molecular complexity index is 1370. The Morgan fingerprint density at radius 3 is 2.48 bits per heavy atom. The summed E-state index contributed by atoms with van der Waals surface area (Å²) in [5.41, 5.74) is 0.363. The second-order valence-corrected chi connectivity index (χ2v) is 8.30. The van der Waals surface area contributed by atoms with Gasteiger partial charge in [0, 0.05) is 43.6 Å². The topological polar surface area (TPSA) is 79.6 Å². The minimum atomic E-state index is -0.472. The molecule has 8 nitrogen and oxygen atoms in total. The van der Waals surface area contributed by atoms with Crippen molar-refractivity contribution in [2.45, 2.75) is 16.9 Å². The highest BCUT2D eigenvalue weighted by Crippen LogP contribution is 2.26. The molecule has 4 aromatic rings. The van der Waals surface area contributed by atoms with Crippen LogP contribution >= 0.6 is 35.0 Å². The number of halogens is 2. The Balaban J connectivity index is 1.87. The summed E-state index contributed by atoms with van der Waals surface area (Å²) in [5, 5.41) is 2.16. The van der Waals surface area contributed by atoms with Crippen LogP contribution in [0.2, 0.25) is 10.0 Å². The van der Waals surface area contributed by atoms with Gasteiger partial charge in [0.2, 0.25) is 0 Å². The van der Waals surface area contributed by atoms with Crippen LogP contribution < -0.4 is 11.2 Å². The predicted molar refractivity (Wildman–Crippen MR) is 113 cm³/mol. The molecule has 0 radical (unpaired) electrons. The first-order chi connectivity index (χ1) is 13.8. The van der Waals surface area contributed by atoms with E-state index in [4.69, 9.17) is 23.2 Å². The highest BCUT2D eigenvalue weighted by atomic mass is 35.5. The lowest BCUT2D eigenvalue weighted by Gasteiger charge is -2.10. The highest BCUT2D eigenvalue weighted by molar-refractivity contribution is 7.99. The smallest absolute Gasteiger partial charge is 0.329 e. The predicted octanol–water partition coefficient (Wildman–Crippen LogP) is 2.67. The van der Waals surface area contributed by atoms with Gasteiger partial charge in [0.15, 0.2) is 21.5 Å². The molecule has 29 heavy (non-hydrogen) atoms. The van der Waals surface area contributed by atoms with Crippen LogP contribution in [0.25, 0.3) is 11.2 Å². The number of rotatable bonds is 4. The van der Waals surface area contributed by atoms with Crippen LogP contribution in [0.3, 0.4) is 0 Å². The van der Waals surface area contributed by atoms with Crippen LogP contribution in [-0.4, -0.2) is 28.2 Å². The fourth-order valence-corrected chi connectivity index (χ4v) is 4.32. The molecule has 0 saturated heterocycles. The van der Waals surface area contributed by atoms with Gasteiger partial charge in [-0.15, -0.1) is 0 Å². The van der Waals surface area contributed by atoms with E-state index in [1.807, 2.05) is 17.8 Å². The third kappa shape index (κ3) is 3.39. The molecule has 0 saturated carbocycles. The van der Waals surface area contributed by atoms with Crippen LogP contribution in [0, 0.1) is 0 Å². The molecular weight excluding hydrogens is 435 g/mol. The molecule has 0 amide bonds. The van der Waals surface area contributed by atoms with E-state index in [0.717, 1.165) is 9.72 Å². The highest BCUT2D eigenvalue weighted by Gasteiger charge is 2.20. The second-order valence-electron chi connectivity index (χ2n) is 6.52. The Morgan fingerprint density at radius 1 is 1.07 bits per heavy atom. The monoisotopic (exact) mass is 450 g/mol. The minimum absolute atomic E-state index is 0.0322. The Morgan fingerprint density at radius 2 is 1.83 bits per heavy atom. The molecule has 1 aromatic carbocycles. The lowest BCUT2D eigenvalue weighted by Crippen LogP contribution is -2.39. The molecule has 150 valence electrons. The molecule has 0 bridgehead atoms. The van der Waals surface area contributed by atoms with E-state index in [-0.39, 0.29) is 6.54 Å². The van der Waals surface area contributed by atoms with Crippen molar-refractivity contribution in [1.29, 1.82) is 0 Å². The van der Waals surface area contributed by atoms with Crippen LogP contribution in [-0.2, 0) is 27.7 Å². The van der Waals surface area contributed by atoms with Crippen molar-refractivity contribution in [2.24, 2.45) is 21.1 Å². The molecule has 0 unspecified atom stereocenters. The van der Waals surface area contributed by atoms with Crippen LogP contribution in [0.15, 0.2) is 50.5 Å². The van der Waals surface area contributed by atoms with Crippen molar-refractivity contribution < 1.29 is 0 Å². The van der Waals surface area contributed by atoms with E-state index in [1.165, 1.54) is 16.3 Å². The number of hydrogen-bond donors (Lipinski definition) is 0. The second kappa shape index (κ2) is 7.40. The molecule has 4 rings (SSSR count). The van der Waals surface area contributed by atoms with Crippen molar-refractivity contribution in [3.05, 3.63) is 67.0 Å². The average Bonchev–Trinajstić information content (AvgIpc) is 3.22. The van der Waals surface area contributed by atoms with E-state index < -0.39 is 11.2 Å². The van der Waals surface area contributed by atoms with Crippen molar-refractivity contribution >= 4 is 46.1 Å². The molecule has 3 aromatic heterocycles. The van der Waals surface area contributed by atoms with E-state index in [9.17, 15) is 9.59 Å². The number of nitrogens with zero attached hydrogens (tertiary/aromatic N) is 6. The van der Waals surface area contributed by atoms with Crippen LogP contribution in [0.4, 0.5) is 0 Å². The van der Waals surface area contributed by atoms with Gasteiger partial charge in [-0.1, -0.05) is 29.3 Å². The lowest BCUT2D eigenvalue weighted by molar-refractivity contribution is 0.655. The summed E-state index contributed by atoms with van der Waals surface area (Å²) in [7, 11) is 5.20. The molecule has 0 N–H and O–H groups in total. The first-order valence-corrected chi connectivity index (χ1v) is 10.1. The summed E-state index contributed by atoms with van der Waals surface area (Å²) < 4.78 is 6.04. The Hall–Kier alpha value is -2.49. The third-order valence-electron chi connectivity index (χ3n) is 4.62. The molecule has 0 fully saturated rings. The summed E-state index contributed by atoms with van der Waals surface area (Å²) in [6.07, 6.45) is 3.51. The third-order valence-corrected chi connectivity index (χ3v) is 6.33. The molecule has 0 aliphatic carbocycles. The van der Waals surface area contributed by atoms with Gasteiger partial charge in [-0.05, 0) is 29.5 Å². The van der Waals surface area contributed by atoms with Gasteiger partial charge >= 0.3 is 5.69 Å². The number of hydrogen-bond acceptors (Lipinski definition) is 5. The van der Waals surface area contributed by atoms with Gasteiger partial charge in [0.05, 0.1) is 6.54 Å². The van der Waals surface area contributed by atoms with Crippen molar-refractivity contribution in [3.8, 4) is 0 Å². The molecule has 3 heterocycles. The minimum Gasteiger partial charge on any atom is -0.329 e. The Kier molecular flexibility index (Phi) is 5.05. The quantitative estimate of drug-likeness (QED) is 0.477. The van der Waals surface area contributed by atoms with Crippen LogP contribution in [0.5, 0.6) is 0 Å². The SMILES string of the molecule is Cn1ccnc1Sc1nc2c(c(=O)n(Cc3ccc(Cl)cc3Cl)c(=O)n2C)n1C. The molecule has 11 heteroatoms. The van der Waals surface area contributed by atoms with Crippen LogP contribution in [0.1, 0.15) is 5.56 Å². The summed E-state index contributed by atoms with van der Waals surface area (Å²) >= 11 is 13.5. The Labute approximate surface area is 179 Å². The normalized spacial score (nSPS) is 11.5. The summed E-state index contributed by atoms with van der Waals surface area (Å²) in [6, 6.07) is 4.95. The number of fused-ring (bicyclic) bond motifs is 1. The van der Waals surface area contributed by atoms with Gasteiger partial charge in [-0.3, -0.25) is 13.9 Å². The number of aromatic nitrogens is 6.